The molecule has 1 saturated carbocycles. The SMILES string of the molecule is Bc1ccc([C@@H](CC)COC(=O)Nc2ccc(S(=O)(=O)C3CC3)c(CN(C)C(=O)OC(C)(C)C)c2)cc1. The quantitative estimate of drug-likeness (QED) is 0.494. The van der Waals surface area contributed by atoms with E-state index in [1.807, 2.05) is 39.0 Å². The molecule has 2 aromatic rings. The van der Waals surface area contributed by atoms with Crippen LogP contribution in [0.5, 0.6) is 0 Å². The van der Waals surface area contributed by atoms with E-state index in [1.165, 1.54) is 11.0 Å². The van der Waals surface area contributed by atoms with Crippen LogP contribution in [-0.2, 0) is 25.9 Å². The van der Waals surface area contributed by atoms with Crippen molar-refractivity contribution in [1.29, 1.82) is 0 Å². The van der Waals surface area contributed by atoms with Crippen LogP contribution < -0.4 is 10.8 Å². The van der Waals surface area contributed by atoms with Gasteiger partial charge in [0, 0.05) is 18.7 Å². The summed E-state index contributed by atoms with van der Waals surface area (Å²) in [5.41, 5.74) is 2.37. The van der Waals surface area contributed by atoms with Crippen molar-refractivity contribution in [3.8, 4) is 0 Å². The highest BCUT2D eigenvalue weighted by molar-refractivity contribution is 7.92. The number of rotatable bonds is 9. The highest BCUT2D eigenvalue weighted by Gasteiger charge is 2.38. The molecule has 37 heavy (non-hydrogen) atoms. The molecular formula is C27H37BN2O6S. The Kier molecular flexibility index (Phi) is 8.94. The molecule has 0 aliphatic heterocycles. The monoisotopic (exact) mass is 528 g/mol. The van der Waals surface area contributed by atoms with E-state index in [2.05, 4.69) is 5.32 Å². The van der Waals surface area contributed by atoms with E-state index in [9.17, 15) is 18.0 Å². The molecule has 10 heteroatoms. The van der Waals surface area contributed by atoms with Gasteiger partial charge in [0.1, 0.15) is 20.1 Å². The van der Waals surface area contributed by atoms with Crippen molar-refractivity contribution in [2.75, 3.05) is 19.0 Å². The second-order valence-corrected chi connectivity index (χ2v) is 12.8. The molecule has 0 spiro atoms. The lowest BCUT2D eigenvalue weighted by Crippen LogP contribution is -2.34. The Bertz CT molecular complexity index is 1220. The summed E-state index contributed by atoms with van der Waals surface area (Å²) in [6.45, 7) is 7.55. The van der Waals surface area contributed by atoms with Crippen molar-refractivity contribution in [3.05, 3.63) is 53.6 Å². The Balaban J connectivity index is 1.74. The largest absolute Gasteiger partial charge is 0.449 e. The van der Waals surface area contributed by atoms with Crippen molar-refractivity contribution in [1.82, 2.24) is 4.90 Å². The Morgan fingerprint density at radius 3 is 2.35 bits per heavy atom. The number of ether oxygens (including phenoxy) is 2. The smallest absolute Gasteiger partial charge is 0.411 e. The van der Waals surface area contributed by atoms with Crippen molar-refractivity contribution in [3.63, 3.8) is 0 Å². The molecule has 2 amide bonds. The minimum atomic E-state index is -3.53. The van der Waals surface area contributed by atoms with E-state index in [4.69, 9.17) is 9.47 Å². The number of anilines is 1. The Labute approximate surface area is 221 Å². The van der Waals surface area contributed by atoms with Gasteiger partial charge in [0.2, 0.25) is 0 Å². The average molecular weight is 528 g/mol. The summed E-state index contributed by atoms with van der Waals surface area (Å²) in [5, 5.41) is 2.29. The second kappa shape index (κ2) is 11.6. The molecule has 8 nitrogen and oxygen atoms in total. The molecular weight excluding hydrogens is 491 g/mol. The van der Waals surface area contributed by atoms with Crippen molar-refractivity contribution >= 4 is 41.0 Å². The number of hydrogen-bond donors (Lipinski definition) is 1. The molecule has 200 valence electrons. The van der Waals surface area contributed by atoms with E-state index in [0.717, 1.165) is 17.4 Å². The molecule has 0 radical (unpaired) electrons. The normalized spacial score (nSPS) is 14.5. The summed E-state index contributed by atoms with van der Waals surface area (Å²) < 4.78 is 37.0. The minimum absolute atomic E-state index is 0.00605. The summed E-state index contributed by atoms with van der Waals surface area (Å²) in [6, 6.07) is 12.8. The zero-order chi connectivity index (χ0) is 27.4. The van der Waals surface area contributed by atoms with Crippen LogP contribution in [-0.4, -0.2) is 57.9 Å². The first-order valence-corrected chi connectivity index (χ1v) is 14.2. The third-order valence-corrected chi connectivity index (χ3v) is 8.51. The van der Waals surface area contributed by atoms with Crippen LogP contribution in [0.3, 0.4) is 0 Å². The van der Waals surface area contributed by atoms with Gasteiger partial charge in [-0.15, -0.1) is 0 Å². The maximum absolute atomic E-state index is 13.0. The molecule has 1 aliphatic carbocycles. The van der Waals surface area contributed by atoms with Gasteiger partial charge in [-0.1, -0.05) is 36.7 Å². The van der Waals surface area contributed by atoms with E-state index < -0.39 is 32.9 Å². The van der Waals surface area contributed by atoms with Gasteiger partial charge >= 0.3 is 12.2 Å². The van der Waals surface area contributed by atoms with E-state index in [1.54, 1.807) is 40.0 Å². The Morgan fingerprint density at radius 1 is 1.14 bits per heavy atom. The van der Waals surface area contributed by atoms with Crippen LogP contribution in [0.1, 0.15) is 64.0 Å². The van der Waals surface area contributed by atoms with Crippen molar-refractivity contribution < 1.29 is 27.5 Å². The van der Waals surface area contributed by atoms with Gasteiger partial charge in [-0.2, -0.15) is 0 Å². The van der Waals surface area contributed by atoms with Gasteiger partial charge in [-0.25, -0.2) is 18.0 Å². The topological polar surface area (TPSA) is 102 Å². The molecule has 1 atom stereocenters. The number of carbonyl (C=O) groups is 2. The average Bonchev–Trinajstić information content (AvgIpc) is 3.66. The van der Waals surface area contributed by atoms with Crippen LogP contribution >= 0.6 is 0 Å². The standard InChI is InChI=1S/C27H37BN2O6S/c1-6-18(19-7-9-21(28)10-8-19)17-35-25(31)29-22-11-14-24(37(33,34)23-12-13-23)20(15-22)16-30(5)26(32)36-27(2,3)4/h7-11,14-15,18,23H,6,12-13,16-17,28H2,1-5H3,(H,29,31)/t18-/m0/s1. The number of amides is 2. The van der Waals surface area contributed by atoms with Gasteiger partial charge < -0.3 is 14.4 Å². The highest BCUT2D eigenvalue weighted by atomic mass is 32.2. The first-order chi connectivity index (χ1) is 17.3. The van der Waals surface area contributed by atoms with Crippen LogP contribution in [0.15, 0.2) is 47.4 Å². The molecule has 3 rings (SSSR count). The molecule has 0 unspecified atom stereocenters. The molecule has 0 bridgehead atoms. The summed E-state index contributed by atoms with van der Waals surface area (Å²) in [5.74, 6) is 0.0652. The number of nitrogens with zero attached hydrogens (tertiary/aromatic N) is 1. The number of hydrogen-bond acceptors (Lipinski definition) is 6. The predicted molar refractivity (Wildman–Crippen MR) is 147 cm³/mol. The zero-order valence-corrected chi connectivity index (χ0v) is 23.4. The number of benzene rings is 2. The fourth-order valence-electron chi connectivity index (χ4n) is 3.89. The zero-order valence-electron chi connectivity index (χ0n) is 22.5. The van der Waals surface area contributed by atoms with Gasteiger partial charge in [-0.3, -0.25) is 5.32 Å². The van der Waals surface area contributed by atoms with E-state index >= 15 is 0 Å². The van der Waals surface area contributed by atoms with Crippen LogP contribution in [0.25, 0.3) is 0 Å². The molecule has 1 N–H and O–H groups in total. The number of sulfone groups is 1. The van der Waals surface area contributed by atoms with Gasteiger partial charge in [0.05, 0.1) is 16.7 Å². The molecule has 1 aliphatic rings. The fraction of sp³-hybridized carbons (Fsp3) is 0.481. The maximum atomic E-state index is 13.0. The van der Waals surface area contributed by atoms with E-state index in [0.29, 0.717) is 24.1 Å². The van der Waals surface area contributed by atoms with Crippen LogP contribution in [0.4, 0.5) is 15.3 Å². The highest BCUT2D eigenvalue weighted by Crippen LogP contribution is 2.36. The van der Waals surface area contributed by atoms with Gasteiger partial charge in [0.25, 0.3) is 0 Å². The summed E-state index contributed by atoms with van der Waals surface area (Å²) in [7, 11) is 0.0413. The molecule has 2 aromatic carbocycles. The lowest BCUT2D eigenvalue weighted by atomic mass is 9.91. The maximum Gasteiger partial charge on any atom is 0.411 e. The number of nitrogens with one attached hydrogen (secondary N) is 1. The molecule has 0 aromatic heterocycles. The third-order valence-electron chi connectivity index (χ3n) is 6.15. The Hall–Kier alpha value is -3.01. The fourth-order valence-corrected chi connectivity index (χ4v) is 5.76. The van der Waals surface area contributed by atoms with Crippen molar-refractivity contribution in [2.45, 2.75) is 75.2 Å². The Morgan fingerprint density at radius 2 is 1.78 bits per heavy atom. The first kappa shape index (κ1) is 28.6. The summed E-state index contributed by atoms with van der Waals surface area (Å²) >= 11 is 0. The van der Waals surface area contributed by atoms with Crippen LogP contribution in [0, 0.1) is 0 Å². The van der Waals surface area contributed by atoms with Gasteiger partial charge in [-0.05, 0) is 69.4 Å². The summed E-state index contributed by atoms with van der Waals surface area (Å²) in [4.78, 5) is 26.6. The number of carbonyl (C=O) groups excluding carboxylic acids is 2. The molecule has 0 heterocycles. The first-order valence-electron chi connectivity index (χ1n) is 12.6. The predicted octanol–water partition coefficient (Wildman–Crippen LogP) is 3.99. The summed E-state index contributed by atoms with van der Waals surface area (Å²) in [6.07, 6.45) is 0.854. The third kappa shape index (κ3) is 7.99. The lowest BCUT2D eigenvalue weighted by Gasteiger charge is -2.25. The lowest BCUT2D eigenvalue weighted by molar-refractivity contribution is 0.0283. The minimum Gasteiger partial charge on any atom is -0.449 e. The second-order valence-electron chi connectivity index (χ2n) is 10.6. The molecule has 1 fully saturated rings. The van der Waals surface area contributed by atoms with Gasteiger partial charge in [0.15, 0.2) is 9.84 Å². The van der Waals surface area contributed by atoms with Crippen LogP contribution in [0.2, 0.25) is 0 Å². The van der Waals surface area contributed by atoms with E-state index in [-0.39, 0.29) is 24.0 Å². The molecule has 0 saturated heterocycles. The van der Waals surface area contributed by atoms with Crippen molar-refractivity contribution in [2.24, 2.45) is 0 Å².